The number of Topliss-reactive ketones (excluding diaryl/α,β-unsaturated/α-hetero) is 1. The summed E-state index contributed by atoms with van der Waals surface area (Å²) in [5.41, 5.74) is 0.564. The summed E-state index contributed by atoms with van der Waals surface area (Å²) < 4.78 is 5.21. The Morgan fingerprint density at radius 1 is 1.53 bits per heavy atom. The van der Waals surface area contributed by atoms with E-state index in [0.29, 0.717) is 11.4 Å². The molecule has 0 saturated heterocycles. The van der Waals surface area contributed by atoms with Gasteiger partial charge in [-0.05, 0) is 30.4 Å². The van der Waals surface area contributed by atoms with Crippen LogP contribution in [-0.2, 0) is 0 Å². The van der Waals surface area contributed by atoms with Gasteiger partial charge < -0.3 is 4.74 Å². The van der Waals surface area contributed by atoms with E-state index in [4.69, 9.17) is 4.74 Å². The molecule has 0 aromatic carbocycles. The summed E-state index contributed by atoms with van der Waals surface area (Å²) in [5.74, 6) is 0.788. The van der Waals surface area contributed by atoms with E-state index in [1.165, 1.54) is 0 Å². The van der Waals surface area contributed by atoms with E-state index in [0.717, 1.165) is 19.3 Å². The molecule has 0 spiro atoms. The second-order valence-electron chi connectivity index (χ2n) is 5.35. The molecule has 0 bridgehead atoms. The van der Waals surface area contributed by atoms with E-state index >= 15 is 0 Å². The fourth-order valence-electron chi connectivity index (χ4n) is 2.72. The van der Waals surface area contributed by atoms with Gasteiger partial charge in [-0.1, -0.05) is 20.3 Å². The zero-order chi connectivity index (χ0) is 12.5. The zero-order valence-corrected chi connectivity index (χ0v) is 10.7. The van der Waals surface area contributed by atoms with Gasteiger partial charge in [0.25, 0.3) is 0 Å². The molecule has 17 heavy (non-hydrogen) atoms. The lowest BCUT2D eigenvalue weighted by molar-refractivity contribution is 0.0830. The maximum absolute atomic E-state index is 12.5. The number of carbonyl (C=O) groups excluding carboxylic acids is 1. The number of rotatable bonds is 3. The molecule has 1 atom stereocenters. The van der Waals surface area contributed by atoms with Crippen molar-refractivity contribution in [2.24, 2.45) is 11.3 Å². The van der Waals surface area contributed by atoms with Gasteiger partial charge in [0.1, 0.15) is 11.4 Å². The van der Waals surface area contributed by atoms with Gasteiger partial charge >= 0.3 is 0 Å². The first-order chi connectivity index (χ1) is 8.06. The fourth-order valence-corrected chi connectivity index (χ4v) is 2.72. The number of aromatic nitrogens is 1. The predicted octanol–water partition coefficient (Wildman–Crippen LogP) is 3.10. The minimum Gasteiger partial charge on any atom is -0.494 e. The van der Waals surface area contributed by atoms with Gasteiger partial charge in [0.2, 0.25) is 0 Å². The Hall–Kier alpha value is -1.38. The highest BCUT2D eigenvalue weighted by Gasteiger charge is 2.40. The van der Waals surface area contributed by atoms with Crippen LogP contribution in [0.3, 0.4) is 0 Å². The second kappa shape index (κ2) is 4.47. The van der Waals surface area contributed by atoms with Crippen molar-refractivity contribution in [3.05, 3.63) is 24.0 Å². The molecular weight excluding hydrogens is 214 g/mol. The van der Waals surface area contributed by atoms with Crippen LogP contribution in [0.1, 0.15) is 43.6 Å². The van der Waals surface area contributed by atoms with E-state index in [1.54, 1.807) is 25.4 Å². The smallest absolute Gasteiger partial charge is 0.188 e. The number of hydrogen-bond acceptors (Lipinski definition) is 3. The second-order valence-corrected chi connectivity index (χ2v) is 5.35. The maximum Gasteiger partial charge on any atom is 0.188 e. The van der Waals surface area contributed by atoms with Crippen LogP contribution >= 0.6 is 0 Å². The van der Waals surface area contributed by atoms with Crippen molar-refractivity contribution in [3.8, 4) is 5.75 Å². The third kappa shape index (κ3) is 2.19. The van der Waals surface area contributed by atoms with Gasteiger partial charge in [0.05, 0.1) is 7.11 Å². The molecule has 3 heteroatoms. The normalized spacial score (nSPS) is 22.4. The van der Waals surface area contributed by atoms with E-state index in [-0.39, 0.29) is 17.1 Å². The topological polar surface area (TPSA) is 39.2 Å². The van der Waals surface area contributed by atoms with Gasteiger partial charge in [0.15, 0.2) is 5.78 Å². The van der Waals surface area contributed by atoms with E-state index in [2.05, 4.69) is 18.8 Å². The monoisotopic (exact) mass is 233 g/mol. The molecule has 0 N–H and O–H groups in total. The summed E-state index contributed by atoms with van der Waals surface area (Å²) in [6.07, 6.45) is 4.85. The fraction of sp³-hybridized carbons (Fsp3) is 0.571. The third-order valence-corrected chi connectivity index (χ3v) is 3.80. The summed E-state index contributed by atoms with van der Waals surface area (Å²) in [7, 11) is 1.58. The Morgan fingerprint density at radius 3 is 2.88 bits per heavy atom. The minimum atomic E-state index is 0.0753. The summed E-state index contributed by atoms with van der Waals surface area (Å²) in [4.78, 5) is 16.7. The lowest BCUT2D eigenvalue weighted by Gasteiger charge is -2.25. The molecule has 3 nitrogen and oxygen atoms in total. The molecular formula is C14H19NO2. The quantitative estimate of drug-likeness (QED) is 0.753. The number of pyridine rings is 1. The van der Waals surface area contributed by atoms with Gasteiger partial charge in [-0.25, -0.2) is 4.98 Å². The highest BCUT2D eigenvalue weighted by Crippen LogP contribution is 2.44. The Bertz CT molecular complexity index is 426. The van der Waals surface area contributed by atoms with Crippen LogP contribution in [0.2, 0.25) is 0 Å². The molecule has 1 fully saturated rings. The first kappa shape index (κ1) is 12.1. The molecule has 1 heterocycles. The molecule has 0 radical (unpaired) electrons. The van der Waals surface area contributed by atoms with Gasteiger partial charge in [-0.15, -0.1) is 0 Å². The van der Waals surface area contributed by atoms with Gasteiger partial charge in [-0.2, -0.15) is 0 Å². The average Bonchev–Trinajstić information content (AvgIpc) is 2.68. The molecule has 1 aromatic heterocycles. The Labute approximate surface area is 102 Å². The van der Waals surface area contributed by atoms with Crippen LogP contribution in [0, 0.1) is 11.3 Å². The van der Waals surface area contributed by atoms with Crippen LogP contribution in [0.25, 0.3) is 0 Å². The Balaban J connectivity index is 2.31. The molecule has 2 rings (SSSR count). The van der Waals surface area contributed by atoms with Gasteiger partial charge in [0, 0.05) is 12.1 Å². The molecule has 92 valence electrons. The highest BCUT2D eigenvalue weighted by molar-refractivity contribution is 5.99. The van der Waals surface area contributed by atoms with Crippen molar-refractivity contribution in [1.82, 2.24) is 4.98 Å². The molecule has 1 aliphatic carbocycles. The molecule has 0 aliphatic heterocycles. The summed E-state index contributed by atoms with van der Waals surface area (Å²) in [5, 5.41) is 0. The number of hydrogen-bond donors (Lipinski definition) is 0. The minimum absolute atomic E-state index is 0.0753. The van der Waals surface area contributed by atoms with E-state index < -0.39 is 0 Å². The Kier molecular flexibility index (Phi) is 3.18. The predicted molar refractivity (Wildman–Crippen MR) is 66.2 cm³/mol. The first-order valence-corrected chi connectivity index (χ1v) is 6.09. The van der Waals surface area contributed by atoms with Crippen molar-refractivity contribution in [3.63, 3.8) is 0 Å². The molecule has 1 unspecified atom stereocenters. The SMILES string of the molecule is COc1cccnc1C(=O)C1CCCC1(C)C. The van der Waals surface area contributed by atoms with Crippen LogP contribution in [0.5, 0.6) is 5.75 Å². The van der Waals surface area contributed by atoms with Crippen LogP contribution in [-0.4, -0.2) is 17.9 Å². The van der Waals surface area contributed by atoms with Crippen molar-refractivity contribution < 1.29 is 9.53 Å². The number of ether oxygens (including phenoxy) is 1. The number of carbonyl (C=O) groups is 1. The van der Waals surface area contributed by atoms with Crippen LogP contribution in [0.4, 0.5) is 0 Å². The lowest BCUT2D eigenvalue weighted by Crippen LogP contribution is -2.26. The summed E-state index contributed by atoms with van der Waals surface area (Å²) in [6, 6.07) is 3.58. The summed E-state index contributed by atoms with van der Waals surface area (Å²) in [6.45, 7) is 4.33. The molecule has 0 amide bonds. The molecule has 1 aromatic rings. The third-order valence-electron chi connectivity index (χ3n) is 3.80. The van der Waals surface area contributed by atoms with E-state index in [9.17, 15) is 4.79 Å². The van der Waals surface area contributed by atoms with Crippen LogP contribution < -0.4 is 4.74 Å². The average molecular weight is 233 g/mol. The number of nitrogens with zero attached hydrogens (tertiary/aromatic N) is 1. The standard InChI is InChI=1S/C14H19NO2/c1-14(2)8-4-6-10(14)13(16)12-11(17-3)7-5-9-15-12/h5,7,9-10H,4,6,8H2,1-3H3. The Morgan fingerprint density at radius 2 is 2.29 bits per heavy atom. The largest absolute Gasteiger partial charge is 0.494 e. The van der Waals surface area contributed by atoms with Crippen LogP contribution in [0.15, 0.2) is 18.3 Å². The van der Waals surface area contributed by atoms with E-state index in [1.807, 2.05) is 0 Å². The maximum atomic E-state index is 12.5. The number of ketones is 1. The summed E-state index contributed by atoms with van der Waals surface area (Å²) >= 11 is 0. The zero-order valence-electron chi connectivity index (χ0n) is 10.7. The first-order valence-electron chi connectivity index (χ1n) is 6.09. The lowest BCUT2D eigenvalue weighted by atomic mass is 9.78. The number of methoxy groups -OCH3 is 1. The van der Waals surface area contributed by atoms with Gasteiger partial charge in [-0.3, -0.25) is 4.79 Å². The molecule has 1 aliphatic rings. The van der Waals surface area contributed by atoms with Crippen molar-refractivity contribution in [1.29, 1.82) is 0 Å². The van der Waals surface area contributed by atoms with Crippen molar-refractivity contribution >= 4 is 5.78 Å². The van der Waals surface area contributed by atoms with Crippen molar-refractivity contribution in [2.45, 2.75) is 33.1 Å². The molecule has 1 saturated carbocycles. The van der Waals surface area contributed by atoms with Crippen molar-refractivity contribution in [2.75, 3.05) is 7.11 Å². The highest BCUT2D eigenvalue weighted by atomic mass is 16.5.